The molecule has 0 aromatic heterocycles. The summed E-state index contributed by atoms with van der Waals surface area (Å²) in [7, 11) is 0. The lowest BCUT2D eigenvalue weighted by Gasteiger charge is -2.01. The largest absolute Gasteiger partial charge is 0.326 e. The second-order valence-electron chi connectivity index (χ2n) is 2.54. The Hall–Kier alpha value is -1.64. The maximum Gasteiger partial charge on any atom is 0.292 e. The van der Waals surface area contributed by atoms with Crippen LogP contribution < -0.4 is 5.73 Å². The molecule has 0 saturated heterocycles. The van der Waals surface area contributed by atoms with Crippen molar-refractivity contribution in [2.75, 3.05) is 0 Å². The van der Waals surface area contributed by atoms with Gasteiger partial charge in [-0.3, -0.25) is 10.1 Å². The van der Waals surface area contributed by atoms with E-state index in [0.717, 1.165) is 0 Å². The lowest BCUT2D eigenvalue weighted by molar-refractivity contribution is -0.385. The van der Waals surface area contributed by atoms with Crippen LogP contribution in [0.3, 0.4) is 0 Å². The first-order valence-corrected chi connectivity index (χ1v) is 4.05. The maximum absolute atomic E-state index is 10.6. The number of nitro benzene ring substituents is 1. The quantitative estimate of drug-likeness (QED) is 0.594. The molecule has 5 nitrogen and oxygen atoms in total. The molecule has 0 aliphatic heterocycles. The number of benzene rings is 1. The summed E-state index contributed by atoms with van der Waals surface area (Å²) in [5, 5.41) is 19.1. The van der Waals surface area contributed by atoms with Crippen molar-refractivity contribution >= 4 is 17.3 Å². The van der Waals surface area contributed by atoms with E-state index in [1.165, 1.54) is 12.1 Å². The van der Waals surface area contributed by atoms with E-state index in [2.05, 4.69) is 0 Å². The van der Waals surface area contributed by atoms with Crippen LogP contribution in [0.2, 0.25) is 5.02 Å². The maximum atomic E-state index is 10.6. The van der Waals surface area contributed by atoms with E-state index in [1.807, 2.05) is 6.07 Å². The van der Waals surface area contributed by atoms with E-state index in [9.17, 15) is 10.1 Å². The first kappa shape index (κ1) is 10.4. The third-order valence-corrected chi connectivity index (χ3v) is 1.96. The molecule has 0 aliphatic carbocycles. The summed E-state index contributed by atoms with van der Waals surface area (Å²) < 4.78 is 0. The summed E-state index contributed by atoms with van der Waals surface area (Å²) in [6.45, 7) is -0.0223. The lowest BCUT2D eigenvalue weighted by Crippen LogP contribution is -2.03. The van der Waals surface area contributed by atoms with Gasteiger partial charge in [-0.15, -0.1) is 0 Å². The van der Waals surface area contributed by atoms with Gasteiger partial charge in [-0.2, -0.15) is 5.26 Å². The lowest BCUT2D eigenvalue weighted by atomic mass is 10.1. The highest BCUT2D eigenvalue weighted by Crippen LogP contribution is 2.29. The monoisotopic (exact) mass is 211 g/mol. The molecule has 6 heteroatoms. The Balaban J connectivity index is 3.44. The minimum Gasteiger partial charge on any atom is -0.326 e. The number of nitrogens with zero attached hydrogens (tertiary/aromatic N) is 2. The highest BCUT2D eigenvalue weighted by atomic mass is 35.5. The van der Waals surface area contributed by atoms with E-state index < -0.39 is 4.92 Å². The zero-order chi connectivity index (χ0) is 10.7. The SMILES string of the molecule is N#Cc1cc(Cl)c([N+](=O)[O-])c(CN)c1. The van der Waals surface area contributed by atoms with Crippen LogP contribution in [0.5, 0.6) is 0 Å². The standard InChI is InChI=1S/C8H6ClN3O2/c9-7-2-5(3-10)1-6(4-11)8(7)12(13)14/h1-2H,4,11H2. The van der Waals surface area contributed by atoms with Crippen molar-refractivity contribution in [1.82, 2.24) is 0 Å². The van der Waals surface area contributed by atoms with Crippen molar-refractivity contribution in [2.24, 2.45) is 5.73 Å². The number of nitrogens with two attached hydrogens (primary N) is 1. The average Bonchev–Trinajstić information content (AvgIpc) is 2.15. The molecule has 0 aliphatic rings. The van der Waals surface area contributed by atoms with Crippen molar-refractivity contribution in [3.8, 4) is 6.07 Å². The van der Waals surface area contributed by atoms with Crippen LogP contribution >= 0.6 is 11.6 Å². The van der Waals surface area contributed by atoms with Gasteiger partial charge in [-0.1, -0.05) is 11.6 Å². The number of hydrogen-bond donors (Lipinski definition) is 1. The first-order valence-electron chi connectivity index (χ1n) is 3.67. The van der Waals surface area contributed by atoms with E-state index in [-0.39, 0.29) is 28.4 Å². The number of hydrogen-bond acceptors (Lipinski definition) is 4. The van der Waals surface area contributed by atoms with Gasteiger partial charge in [0.1, 0.15) is 5.02 Å². The van der Waals surface area contributed by atoms with Gasteiger partial charge in [-0.25, -0.2) is 0 Å². The van der Waals surface area contributed by atoms with E-state index in [4.69, 9.17) is 22.6 Å². The van der Waals surface area contributed by atoms with Crippen LogP contribution in [-0.4, -0.2) is 4.92 Å². The van der Waals surface area contributed by atoms with Gasteiger partial charge in [0.15, 0.2) is 0 Å². The van der Waals surface area contributed by atoms with Crippen molar-refractivity contribution < 1.29 is 4.92 Å². The van der Waals surface area contributed by atoms with Gasteiger partial charge in [0, 0.05) is 12.1 Å². The summed E-state index contributed by atoms with van der Waals surface area (Å²) in [5.74, 6) is 0. The molecule has 1 aromatic carbocycles. The predicted octanol–water partition coefficient (Wildman–Crippen LogP) is 1.58. The molecule has 0 bridgehead atoms. The molecule has 0 heterocycles. The molecule has 0 unspecified atom stereocenters. The molecular weight excluding hydrogens is 206 g/mol. The van der Waals surface area contributed by atoms with Gasteiger partial charge >= 0.3 is 0 Å². The molecule has 0 atom stereocenters. The van der Waals surface area contributed by atoms with Crippen LogP contribution in [-0.2, 0) is 6.54 Å². The van der Waals surface area contributed by atoms with Crippen LogP contribution in [0.25, 0.3) is 0 Å². The second-order valence-corrected chi connectivity index (χ2v) is 2.95. The molecule has 14 heavy (non-hydrogen) atoms. The van der Waals surface area contributed by atoms with Gasteiger partial charge in [0.25, 0.3) is 5.69 Å². The Bertz CT molecular complexity index is 425. The van der Waals surface area contributed by atoms with Crippen molar-refractivity contribution in [2.45, 2.75) is 6.54 Å². The molecule has 1 rings (SSSR count). The molecule has 0 fully saturated rings. The normalized spacial score (nSPS) is 9.50. The zero-order valence-corrected chi connectivity index (χ0v) is 7.78. The number of nitro groups is 1. The predicted molar refractivity (Wildman–Crippen MR) is 50.7 cm³/mol. The van der Waals surface area contributed by atoms with Gasteiger partial charge in [-0.05, 0) is 12.1 Å². The van der Waals surface area contributed by atoms with Crippen LogP contribution in [0.1, 0.15) is 11.1 Å². The summed E-state index contributed by atoms with van der Waals surface area (Å²) >= 11 is 5.64. The topological polar surface area (TPSA) is 92.9 Å². The van der Waals surface area contributed by atoms with Crippen molar-refractivity contribution in [3.05, 3.63) is 38.4 Å². The summed E-state index contributed by atoms with van der Waals surface area (Å²) in [5.41, 5.74) is 5.61. The molecular formula is C8H6ClN3O2. The van der Waals surface area contributed by atoms with Gasteiger partial charge in [0.05, 0.1) is 16.6 Å². The first-order chi connectivity index (χ1) is 6.60. The second kappa shape index (κ2) is 4.05. The molecule has 0 radical (unpaired) electrons. The van der Waals surface area contributed by atoms with E-state index >= 15 is 0 Å². The van der Waals surface area contributed by atoms with Gasteiger partial charge < -0.3 is 5.73 Å². The smallest absolute Gasteiger partial charge is 0.292 e. The Kier molecular flexibility index (Phi) is 3.02. The van der Waals surface area contributed by atoms with Crippen LogP contribution in [0, 0.1) is 21.4 Å². The molecule has 1 aromatic rings. The summed E-state index contributed by atoms with van der Waals surface area (Å²) in [4.78, 5) is 9.98. The molecule has 0 saturated carbocycles. The van der Waals surface area contributed by atoms with Crippen molar-refractivity contribution in [3.63, 3.8) is 0 Å². The third-order valence-electron chi connectivity index (χ3n) is 1.67. The molecule has 2 N–H and O–H groups in total. The minimum atomic E-state index is -0.605. The summed E-state index contributed by atoms with van der Waals surface area (Å²) in [6.07, 6.45) is 0. The van der Waals surface area contributed by atoms with Gasteiger partial charge in [0.2, 0.25) is 0 Å². The Labute approximate surface area is 84.8 Å². The molecule has 0 spiro atoms. The van der Waals surface area contributed by atoms with Crippen molar-refractivity contribution in [1.29, 1.82) is 5.26 Å². The fourth-order valence-corrected chi connectivity index (χ4v) is 1.39. The molecule has 72 valence electrons. The minimum absolute atomic E-state index is 0.0223. The van der Waals surface area contributed by atoms with Crippen LogP contribution in [0.4, 0.5) is 5.69 Å². The molecule has 0 amide bonds. The van der Waals surface area contributed by atoms with Crippen LogP contribution in [0.15, 0.2) is 12.1 Å². The number of halogens is 1. The average molecular weight is 212 g/mol. The number of rotatable bonds is 2. The number of nitriles is 1. The van der Waals surface area contributed by atoms with E-state index in [0.29, 0.717) is 0 Å². The zero-order valence-electron chi connectivity index (χ0n) is 7.03. The Morgan fingerprint density at radius 2 is 2.29 bits per heavy atom. The fraction of sp³-hybridized carbons (Fsp3) is 0.125. The van der Waals surface area contributed by atoms with E-state index in [1.54, 1.807) is 0 Å². The third kappa shape index (κ3) is 1.82. The fourth-order valence-electron chi connectivity index (χ4n) is 1.08. The summed E-state index contributed by atoms with van der Waals surface area (Å²) in [6, 6.07) is 4.46. The Morgan fingerprint density at radius 1 is 1.64 bits per heavy atom. The highest BCUT2D eigenvalue weighted by Gasteiger charge is 2.18. The Morgan fingerprint density at radius 3 is 2.71 bits per heavy atom. The highest BCUT2D eigenvalue weighted by molar-refractivity contribution is 6.32.